The average molecular weight is 268 g/mol. The number of sulfonamides is 1. The maximum Gasteiger partial charge on any atom is 0.241 e. The summed E-state index contributed by atoms with van der Waals surface area (Å²) in [6, 6.07) is 7.99. The van der Waals surface area contributed by atoms with E-state index in [1.807, 2.05) is 13.0 Å². The number of hydrogen-bond donors (Lipinski definition) is 1. The van der Waals surface area contributed by atoms with E-state index in [4.69, 9.17) is 10.00 Å². The first-order valence-corrected chi connectivity index (χ1v) is 6.97. The lowest BCUT2D eigenvalue weighted by Gasteiger charge is -2.12. The minimum atomic E-state index is -3.64. The topological polar surface area (TPSA) is 79.2 Å². The molecule has 0 saturated carbocycles. The van der Waals surface area contributed by atoms with Crippen molar-refractivity contribution in [3.05, 3.63) is 29.8 Å². The molecule has 1 rings (SSSR count). The summed E-state index contributed by atoms with van der Waals surface area (Å²) in [6.45, 7) is 2.63. The first kappa shape index (κ1) is 14.6. The summed E-state index contributed by atoms with van der Waals surface area (Å²) >= 11 is 0. The number of rotatable bonds is 6. The highest BCUT2D eigenvalue weighted by Crippen LogP contribution is 2.14. The van der Waals surface area contributed by atoms with Gasteiger partial charge in [-0.3, -0.25) is 0 Å². The lowest BCUT2D eigenvalue weighted by atomic mass is 10.2. The number of nitrogens with one attached hydrogen (secondary N) is 1. The zero-order chi connectivity index (χ0) is 13.6. The lowest BCUT2D eigenvalue weighted by Crippen LogP contribution is -2.30. The van der Waals surface area contributed by atoms with Crippen LogP contribution in [0.25, 0.3) is 0 Å². The zero-order valence-corrected chi connectivity index (χ0v) is 11.2. The van der Waals surface area contributed by atoms with Gasteiger partial charge < -0.3 is 4.74 Å². The second kappa shape index (κ2) is 6.50. The van der Waals surface area contributed by atoms with Crippen molar-refractivity contribution in [2.24, 2.45) is 5.92 Å². The monoisotopic (exact) mass is 268 g/mol. The molecule has 0 bridgehead atoms. The predicted octanol–water partition coefficient (Wildman–Crippen LogP) is 1.12. The van der Waals surface area contributed by atoms with Gasteiger partial charge in [0, 0.05) is 20.3 Å². The molecule has 0 aliphatic rings. The Labute approximate surface area is 107 Å². The van der Waals surface area contributed by atoms with Gasteiger partial charge >= 0.3 is 0 Å². The van der Waals surface area contributed by atoms with Gasteiger partial charge in [0.2, 0.25) is 10.0 Å². The Bertz CT molecular complexity index is 534. The van der Waals surface area contributed by atoms with E-state index in [2.05, 4.69) is 4.72 Å². The van der Waals surface area contributed by atoms with Gasteiger partial charge in [-0.25, -0.2) is 13.1 Å². The smallest absolute Gasteiger partial charge is 0.241 e. The summed E-state index contributed by atoms with van der Waals surface area (Å²) in [5.74, 6) is 0.0685. The fraction of sp³-hybridized carbons (Fsp3) is 0.417. The Morgan fingerprint density at radius 3 is 2.72 bits per heavy atom. The van der Waals surface area contributed by atoms with Gasteiger partial charge in [-0.05, 0) is 18.1 Å². The van der Waals surface area contributed by atoms with Crippen LogP contribution in [0, 0.1) is 17.2 Å². The molecule has 0 fully saturated rings. The van der Waals surface area contributed by atoms with Crippen LogP contribution < -0.4 is 4.72 Å². The summed E-state index contributed by atoms with van der Waals surface area (Å²) in [5, 5.41) is 8.88. The van der Waals surface area contributed by atoms with Gasteiger partial charge in [-0.2, -0.15) is 5.26 Å². The van der Waals surface area contributed by atoms with Crippen molar-refractivity contribution in [1.29, 1.82) is 5.26 Å². The molecule has 0 aromatic heterocycles. The lowest BCUT2D eigenvalue weighted by molar-refractivity contribution is 0.161. The summed E-state index contributed by atoms with van der Waals surface area (Å²) in [6.07, 6.45) is 0. The van der Waals surface area contributed by atoms with Crippen LogP contribution in [0.1, 0.15) is 12.5 Å². The minimum Gasteiger partial charge on any atom is -0.384 e. The molecular formula is C12H16N2O3S. The molecule has 1 unspecified atom stereocenters. The van der Waals surface area contributed by atoms with E-state index in [0.717, 1.165) is 0 Å². The number of methoxy groups -OCH3 is 1. The van der Waals surface area contributed by atoms with Crippen molar-refractivity contribution in [1.82, 2.24) is 4.72 Å². The standard InChI is InChI=1S/C12H16N2O3S/c1-10(9-17-2)8-14-18(15,16)12-6-4-3-5-11(12)7-13/h3-6,10,14H,8-9H2,1-2H3. The second-order valence-corrected chi connectivity index (χ2v) is 5.76. The molecule has 98 valence electrons. The van der Waals surface area contributed by atoms with Crippen molar-refractivity contribution in [2.75, 3.05) is 20.3 Å². The third-order valence-electron chi connectivity index (χ3n) is 2.37. The Morgan fingerprint density at radius 2 is 2.11 bits per heavy atom. The van der Waals surface area contributed by atoms with Crippen LogP contribution in [0.4, 0.5) is 0 Å². The molecule has 1 atom stereocenters. The van der Waals surface area contributed by atoms with E-state index in [0.29, 0.717) is 6.61 Å². The summed E-state index contributed by atoms with van der Waals surface area (Å²) in [4.78, 5) is 0.0112. The van der Waals surface area contributed by atoms with Gasteiger partial charge in [0.05, 0.1) is 10.5 Å². The predicted molar refractivity (Wildman–Crippen MR) is 67.4 cm³/mol. The van der Waals surface area contributed by atoms with Crippen molar-refractivity contribution < 1.29 is 13.2 Å². The molecular weight excluding hydrogens is 252 g/mol. The van der Waals surface area contributed by atoms with Crippen molar-refractivity contribution in [2.45, 2.75) is 11.8 Å². The van der Waals surface area contributed by atoms with Gasteiger partial charge in [-0.15, -0.1) is 0 Å². The van der Waals surface area contributed by atoms with Crippen LogP contribution in [0.3, 0.4) is 0 Å². The Balaban J connectivity index is 2.84. The molecule has 0 heterocycles. The Hall–Kier alpha value is -1.42. The van der Waals surface area contributed by atoms with Crippen LogP contribution in [-0.2, 0) is 14.8 Å². The molecule has 0 radical (unpaired) electrons. The molecule has 6 heteroatoms. The maximum absolute atomic E-state index is 12.0. The highest BCUT2D eigenvalue weighted by Gasteiger charge is 2.18. The number of ether oxygens (including phenoxy) is 1. The van der Waals surface area contributed by atoms with Gasteiger partial charge in [0.25, 0.3) is 0 Å². The van der Waals surface area contributed by atoms with Crippen molar-refractivity contribution >= 4 is 10.0 Å². The molecule has 1 N–H and O–H groups in total. The molecule has 0 aliphatic carbocycles. The van der Waals surface area contributed by atoms with E-state index in [1.165, 1.54) is 12.1 Å². The van der Waals surface area contributed by atoms with Crippen molar-refractivity contribution in [3.8, 4) is 6.07 Å². The quantitative estimate of drug-likeness (QED) is 0.838. The second-order valence-electron chi connectivity index (χ2n) is 4.02. The largest absolute Gasteiger partial charge is 0.384 e. The molecule has 18 heavy (non-hydrogen) atoms. The summed E-state index contributed by atoms with van der Waals surface area (Å²) < 4.78 is 31.4. The molecule has 0 saturated heterocycles. The number of benzene rings is 1. The molecule has 0 spiro atoms. The average Bonchev–Trinajstić information content (AvgIpc) is 2.37. The molecule has 5 nitrogen and oxygen atoms in total. The number of hydrogen-bond acceptors (Lipinski definition) is 4. The van der Waals surface area contributed by atoms with Crippen LogP contribution in [0.2, 0.25) is 0 Å². The summed E-state index contributed by atoms with van der Waals surface area (Å²) in [5.41, 5.74) is 0.143. The van der Waals surface area contributed by atoms with E-state index in [1.54, 1.807) is 19.2 Å². The van der Waals surface area contributed by atoms with E-state index in [9.17, 15) is 8.42 Å². The minimum absolute atomic E-state index is 0.0112. The van der Waals surface area contributed by atoms with E-state index >= 15 is 0 Å². The molecule has 0 amide bonds. The third-order valence-corrected chi connectivity index (χ3v) is 3.85. The van der Waals surface area contributed by atoms with Crippen LogP contribution >= 0.6 is 0 Å². The normalized spacial score (nSPS) is 12.9. The van der Waals surface area contributed by atoms with Crippen molar-refractivity contribution in [3.63, 3.8) is 0 Å². The van der Waals surface area contributed by atoms with Gasteiger partial charge in [-0.1, -0.05) is 19.1 Å². The first-order chi connectivity index (χ1) is 8.51. The SMILES string of the molecule is COCC(C)CNS(=O)(=O)c1ccccc1C#N. The van der Waals surface area contributed by atoms with Crippen LogP contribution in [-0.4, -0.2) is 28.7 Å². The summed E-state index contributed by atoms with van der Waals surface area (Å²) in [7, 11) is -2.08. The Morgan fingerprint density at radius 1 is 1.44 bits per heavy atom. The molecule has 0 aliphatic heterocycles. The highest BCUT2D eigenvalue weighted by molar-refractivity contribution is 7.89. The number of nitriles is 1. The van der Waals surface area contributed by atoms with Gasteiger partial charge in [0.1, 0.15) is 6.07 Å². The fourth-order valence-electron chi connectivity index (χ4n) is 1.47. The third kappa shape index (κ3) is 3.81. The zero-order valence-electron chi connectivity index (χ0n) is 10.4. The fourth-order valence-corrected chi connectivity index (χ4v) is 2.79. The maximum atomic E-state index is 12.0. The number of nitrogens with zero attached hydrogens (tertiary/aromatic N) is 1. The van der Waals surface area contributed by atoms with E-state index in [-0.39, 0.29) is 22.9 Å². The first-order valence-electron chi connectivity index (χ1n) is 5.49. The van der Waals surface area contributed by atoms with Gasteiger partial charge in [0.15, 0.2) is 0 Å². The van der Waals surface area contributed by atoms with Crippen LogP contribution in [0.15, 0.2) is 29.2 Å². The molecule has 1 aromatic carbocycles. The highest BCUT2D eigenvalue weighted by atomic mass is 32.2. The van der Waals surface area contributed by atoms with Crippen LogP contribution in [0.5, 0.6) is 0 Å². The Kier molecular flexibility index (Phi) is 5.28. The van der Waals surface area contributed by atoms with E-state index < -0.39 is 10.0 Å². The molecule has 1 aromatic rings.